The Hall–Kier alpha value is -2.32. The first kappa shape index (κ1) is 16.1. The lowest BCUT2D eigenvalue weighted by Crippen LogP contribution is -2.06. The Kier molecular flexibility index (Phi) is 5.18. The lowest BCUT2D eigenvalue weighted by Gasteiger charge is -2.13. The highest BCUT2D eigenvalue weighted by molar-refractivity contribution is 9.10. The second-order valence-electron chi connectivity index (χ2n) is 4.74. The molecule has 4 nitrogen and oxygen atoms in total. The van der Waals surface area contributed by atoms with Crippen LogP contribution in [-0.2, 0) is 6.54 Å². The molecule has 0 aliphatic heterocycles. The Bertz CT molecular complexity index is 751. The number of hydrogen-bond acceptors (Lipinski definition) is 4. The zero-order chi connectivity index (χ0) is 16.1. The van der Waals surface area contributed by atoms with Crippen molar-refractivity contribution in [3.63, 3.8) is 0 Å². The second-order valence-corrected chi connectivity index (χ2v) is 5.65. The van der Waals surface area contributed by atoms with Crippen LogP contribution in [0.25, 0.3) is 0 Å². The molecule has 0 saturated carbocycles. The normalized spacial score (nSPS) is 9.91. The molecule has 2 aromatic rings. The summed E-state index contributed by atoms with van der Waals surface area (Å²) in [7, 11) is 1.62. The van der Waals surface area contributed by atoms with E-state index in [2.05, 4.69) is 27.3 Å². The summed E-state index contributed by atoms with van der Waals surface area (Å²) >= 11 is 3.43. The topological polar surface area (TPSA) is 62.1 Å². The number of anilines is 1. The van der Waals surface area contributed by atoms with E-state index in [1.165, 1.54) is 6.92 Å². The van der Waals surface area contributed by atoms with Crippen molar-refractivity contribution in [3.8, 4) is 11.8 Å². The van der Waals surface area contributed by atoms with Gasteiger partial charge in [-0.1, -0.05) is 15.9 Å². The van der Waals surface area contributed by atoms with E-state index < -0.39 is 0 Å². The van der Waals surface area contributed by atoms with E-state index in [-0.39, 0.29) is 5.78 Å². The fourth-order valence-corrected chi connectivity index (χ4v) is 2.55. The third kappa shape index (κ3) is 3.66. The number of ketones is 1. The predicted molar refractivity (Wildman–Crippen MR) is 89.2 cm³/mol. The van der Waals surface area contributed by atoms with Crippen molar-refractivity contribution in [1.29, 1.82) is 5.26 Å². The van der Waals surface area contributed by atoms with Crippen molar-refractivity contribution in [1.82, 2.24) is 0 Å². The highest BCUT2D eigenvalue weighted by Crippen LogP contribution is 2.25. The standard InChI is InChI=1S/C17H15BrN2O2/c1-11(21)15-5-3-12(9-19)7-16(15)20-10-13-8-14(18)4-6-17(13)22-2/h3-8,20H,10H2,1-2H3. The average Bonchev–Trinajstić information content (AvgIpc) is 2.52. The Morgan fingerprint density at radius 3 is 2.73 bits per heavy atom. The number of nitrogens with one attached hydrogen (secondary N) is 1. The maximum Gasteiger partial charge on any atom is 0.161 e. The van der Waals surface area contributed by atoms with Gasteiger partial charge in [0.05, 0.1) is 18.7 Å². The molecule has 0 radical (unpaired) electrons. The summed E-state index contributed by atoms with van der Waals surface area (Å²) in [4.78, 5) is 11.7. The van der Waals surface area contributed by atoms with Gasteiger partial charge in [0.1, 0.15) is 5.75 Å². The lowest BCUT2D eigenvalue weighted by atomic mass is 10.1. The maximum atomic E-state index is 11.7. The summed E-state index contributed by atoms with van der Waals surface area (Å²) in [5.74, 6) is 0.713. The van der Waals surface area contributed by atoms with Gasteiger partial charge in [0, 0.05) is 27.8 Å². The first-order valence-corrected chi connectivity index (χ1v) is 7.46. The molecular weight excluding hydrogens is 344 g/mol. The number of ether oxygens (including phenoxy) is 1. The highest BCUT2D eigenvalue weighted by atomic mass is 79.9. The average molecular weight is 359 g/mol. The molecular formula is C17H15BrN2O2. The number of hydrogen-bond donors (Lipinski definition) is 1. The number of nitriles is 1. The molecule has 0 aliphatic carbocycles. The van der Waals surface area contributed by atoms with Crippen molar-refractivity contribution in [2.45, 2.75) is 13.5 Å². The molecule has 1 N–H and O–H groups in total. The quantitative estimate of drug-likeness (QED) is 0.815. The molecule has 0 unspecified atom stereocenters. The Morgan fingerprint density at radius 1 is 1.32 bits per heavy atom. The van der Waals surface area contributed by atoms with Gasteiger partial charge in [0.25, 0.3) is 0 Å². The van der Waals surface area contributed by atoms with Gasteiger partial charge >= 0.3 is 0 Å². The van der Waals surface area contributed by atoms with Crippen LogP contribution in [0.4, 0.5) is 5.69 Å². The van der Waals surface area contributed by atoms with E-state index in [9.17, 15) is 4.79 Å². The van der Waals surface area contributed by atoms with Gasteiger partial charge in [-0.05, 0) is 43.3 Å². The van der Waals surface area contributed by atoms with Crippen LogP contribution in [0.15, 0.2) is 40.9 Å². The second kappa shape index (κ2) is 7.10. The van der Waals surface area contributed by atoms with Crippen LogP contribution in [0.1, 0.15) is 28.4 Å². The molecule has 2 rings (SSSR count). The van der Waals surface area contributed by atoms with Gasteiger partial charge in [-0.2, -0.15) is 5.26 Å². The summed E-state index contributed by atoms with van der Waals surface area (Å²) in [5, 5.41) is 12.2. The Labute approximate surface area is 137 Å². The number of rotatable bonds is 5. The number of nitrogens with zero attached hydrogens (tertiary/aromatic N) is 1. The predicted octanol–water partition coefficient (Wildman–Crippen LogP) is 4.14. The molecule has 0 atom stereocenters. The number of halogens is 1. The van der Waals surface area contributed by atoms with Gasteiger partial charge in [0.15, 0.2) is 5.78 Å². The maximum absolute atomic E-state index is 11.7. The molecule has 0 aromatic heterocycles. The van der Waals surface area contributed by atoms with Crippen molar-refractivity contribution in [2.24, 2.45) is 0 Å². The minimum atomic E-state index is -0.0480. The molecule has 0 spiro atoms. The van der Waals surface area contributed by atoms with Crippen LogP contribution >= 0.6 is 15.9 Å². The minimum Gasteiger partial charge on any atom is -0.496 e. The van der Waals surface area contributed by atoms with E-state index in [0.717, 1.165) is 15.8 Å². The van der Waals surface area contributed by atoms with Crippen LogP contribution in [0.5, 0.6) is 5.75 Å². The molecule has 22 heavy (non-hydrogen) atoms. The summed E-state index contributed by atoms with van der Waals surface area (Å²) in [5.41, 5.74) is 2.67. The molecule has 0 heterocycles. The van der Waals surface area contributed by atoms with Gasteiger partial charge < -0.3 is 10.1 Å². The molecule has 2 aromatic carbocycles. The van der Waals surface area contributed by atoms with Crippen LogP contribution in [0, 0.1) is 11.3 Å². The molecule has 0 saturated heterocycles. The number of carbonyl (C=O) groups excluding carboxylic acids is 1. The van der Waals surface area contributed by atoms with Crippen LogP contribution in [0.3, 0.4) is 0 Å². The lowest BCUT2D eigenvalue weighted by molar-refractivity contribution is 0.101. The fraction of sp³-hybridized carbons (Fsp3) is 0.176. The molecule has 112 valence electrons. The van der Waals surface area contributed by atoms with Gasteiger partial charge in [-0.25, -0.2) is 0 Å². The number of benzene rings is 2. The summed E-state index contributed by atoms with van der Waals surface area (Å²) in [6.07, 6.45) is 0. The first-order chi connectivity index (χ1) is 10.5. The van der Waals surface area contributed by atoms with Gasteiger partial charge in [-0.3, -0.25) is 4.79 Å². The van der Waals surface area contributed by atoms with E-state index in [1.807, 2.05) is 18.2 Å². The van der Waals surface area contributed by atoms with E-state index in [4.69, 9.17) is 10.00 Å². The van der Waals surface area contributed by atoms with Crippen LogP contribution < -0.4 is 10.1 Å². The molecule has 0 aliphatic rings. The zero-order valence-electron chi connectivity index (χ0n) is 12.3. The van der Waals surface area contributed by atoms with Crippen molar-refractivity contribution in [3.05, 3.63) is 57.6 Å². The number of methoxy groups -OCH3 is 1. The molecule has 0 amide bonds. The SMILES string of the molecule is COc1ccc(Br)cc1CNc1cc(C#N)ccc1C(C)=O. The first-order valence-electron chi connectivity index (χ1n) is 6.66. The summed E-state index contributed by atoms with van der Waals surface area (Å²) < 4.78 is 6.28. The molecule has 0 bridgehead atoms. The third-order valence-corrected chi connectivity index (χ3v) is 3.73. The molecule has 0 fully saturated rings. The van der Waals surface area contributed by atoms with E-state index in [0.29, 0.717) is 23.4 Å². The molecule has 5 heteroatoms. The summed E-state index contributed by atoms with van der Waals surface area (Å²) in [6.45, 7) is 1.99. The smallest absolute Gasteiger partial charge is 0.161 e. The summed E-state index contributed by atoms with van der Waals surface area (Å²) in [6, 6.07) is 12.8. The van der Waals surface area contributed by atoms with Crippen molar-refractivity contribution >= 4 is 27.4 Å². The van der Waals surface area contributed by atoms with Crippen molar-refractivity contribution < 1.29 is 9.53 Å². The Morgan fingerprint density at radius 2 is 2.09 bits per heavy atom. The Balaban J connectivity index is 2.30. The van der Waals surface area contributed by atoms with Crippen molar-refractivity contribution in [2.75, 3.05) is 12.4 Å². The van der Waals surface area contributed by atoms with Crippen LogP contribution in [0.2, 0.25) is 0 Å². The number of Topliss-reactive ketones (excluding diaryl/α,β-unsaturated/α-hetero) is 1. The minimum absolute atomic E-state index is 0.0480. The van der Waals surface area contributed by atoms with Gasteiger partial charge in [-0.15, -0.1) is 0 Å². The monoisotopic (exact) mass is 358 g/mol. The largest absolute Gasteiger partial charge is 0.496 e. The fourth-order valence-electron chi connectivity index (χ4n) is 2.14. The number of carbonyl (C=O) groups is 1. The van der Waals surface area contributed by atoms with Crippen LogP contribution in [-0.4, -0.2) is 12.9 Å². The third-order valence-electron chi connectivity index (χ3n) is 3.24. The van der Waals surface area contributed by atoms with E-state index >= 15 is 0 Å². The van der Waals surface area contributed by atoms with Gasteiger partial charge in [0.2, 0.25) is 0 Å². The zero-order valence-corrected chi connectivity index (χ0v) is 13.9. The highest BCUT2D eigenvalue weighted by Gasteiger charge is 2.10. The van der Waals surface area contributed by atoms with E-state index in [1.54, 1.807) is 25.3 Å².